The van der Waals surface area contributed by atoms with E-state index in [-0.39, 0.29) is 11.3 Å². The van der Waals surface area contributed by atoms with Crippen molar-refractivity contribution >= 4 is 39.1 Å². The van der Waals surface area contributed by atoms with E-state index in [1.807, 2.05) is 24.4 Å². The Morgan fingerprint density at radius 2 is 2.39 bits per heavy atom. The number of rotatable bonds is 4. The summed E-state index contributed by atoms with van der Waals surface area (Å²) in [6.07, 6.45) is 0. The Kier molecular flexibility index (Phi) is 3.65. The first-order valence-corrected chi connectivity index (χ1v) is 7.03. The Labute approximate surface area is 113 Å². The fourth-order valence-electron chi connectivity index (χ4n) is 1.53. The standard InChI is InChI=1S/C12H11N3OS2/c1-2-15-12-9(14)7(6-13)11(18-12)10(16)8-4-3-5-17-8/h3-5,15H,2,14H2,1H3. The van der Waals surface area contributed by atoms with Gasteiger partial charge in [0, 0.05) is 6.54 Å². The Morgan fingerprint density at radius 3 is 2.94 bits per heavy atom. The first-order chi connectivity index (χ1) is 8.69. The molecule has 3 N–H and O–H groups in total. The quantitative estimate of drug-likeness (QED) is 0.842. The van der Waals surface area contributed by atoms with Crippen molar-refractivity contribution in [3.05, 3.63) is 32.8 Å². The summed E-state index contributed by atoms with van der Waals surface area (Å²) in [7, 11) is 0. The predicted octanol–water partition coefficient (Wildman–Crippen LogP) is 2.93. The SMILES string of the molecule is CCNc1sc(C(=O)c2cccs2)c(C#N)c1N. The number of hydrogen-bond acceptors (Lipinski definition) is 6. The topological polar surface area (TPSA) is 78.9 Å². The van der Waals surface area contributed by atoms with Crippen molar-refractivity contribution in [2.45, 2.75) is 6.92 Å². The van der Waals surface area contributed by atoms with E-state index in [0.29, 0.717) is 27.0 Å². The summed E-state index contributed by atoms with van der Waals surface area (Å²) in [5, 5.41) is 14.7. The van der Waals surface area contributed by atoms with Crippen LogP contribution in [0, 0.1) is 11.3 Å². The van der Waals surface area contributed by atoms with Crippen LogP contribution in [-0.4, -0.2) is 12.3 Å². The maximum atomic E-state index is 12.2. The normalized spacial score (nSPS) is 10.0. The van der Waals surface area contributed by atoms with Gasteiger partial charge in [0.2, 0.25) is 5.78 Å². The second-order valence-electron chi connectivity index (χ2n) is 3.50. The third-order valence-electron chi connectivity index (χ3n) is 2.35. The third kappa shape index (κ3) is 2.10. The first kappa shape index (κ1) is 12.6. The van der Waals surface area contributed by atoms with Crippen LogP contribution in [0.15, 0.2) is 17.5 Å². The van der Waals surface area contributed by atoms with Gasteiger partial charge in [0.15, 0.2) is 0 Å². The molecule has 2 heterocycles. The van der Waals surface area contributed by atoms with Crippen LogP contribution in [0.25, 0.3) is 0 Å². The fourth-order valence-corrected chi connectivity index (χ4v) is 3.35. The van der Waals surface area contributed by atoms with Gasteiger partial charge in [0.05, 0.1) is 21.0 Å². The zero-order valence-electron chi connectivity index (χ0n) is 9.69. The van der Waals surface area contributed by atoms with E-state index in [9.17, 15) is 4.79 Å². The summed E-state index contributed by atoms with van der Waals surface area (Å²) >= 11 is 2.60. The van der Waals surface area contributed by atoms with Crippen LogP contribution in [0.3, 0.4) is 0 Å². The Morgan fingerprint density at radius 1 is 1.61 bits per heavy atom. The van der Waals surface area contributed by atoms with Crippen molar-refractivity contribution in [3.8, 4) is 6.07 Å². The van der Waals surface area contributed by atoms with Crippen LogP contribution in [-0.2, 0) is 0 Å². The molecule has 0 aromatic carbocycles. The van der Waals surface area contributed by atoms with Crippen molar-refractivity contribution in [3.63, 3.8) is 0 Å². The number of nitrogens with two attached hydrogens (primary N) is 1. The minimum absolute atomic E-state index is 0.137. The highest BCUT2D eigenvalue weighted by atomic mass is 32.1. The van der Waals surface area contributed by atoms with Gasteiger partial charge in [-0.2, -0.15) is 5.26 Å². The molecule has 0 aliphatic carbocycles. The minimum Gasteiger partial charge on any atom is -0.395 e. The van der Waals surface area contributed by atoms with Gasteiger partial charge in [0.25, 0.3) is 0 Å². The Balaban J connectivity index is 2.48. The molecule has 4 nitrogen and oxygen atoms in total. The molecule has 0 saturated heterocycles. The molecule has 0 aliphatic rings. The number of nitriles is 1. The number of hydrogen-bond donors (Lipinski definition) is 2. The van der Waals surface area contributed by atoms with E-state index < -0.39 is 0 Å². The molecular formula is C12H11N3OS2. The summed E-state index contributed by atoms with van der Waals surface area (Å²) in [4.78, 5) is 13.3. The summed E-state index contributed by atoms with van der Waals surface area (Å²) in [5.41, 5.74) is 6.51. The van der Waals surface area contributed by atoms with Gasteiger partial charge >= 0.3 is 0 Å². The average Bonchev–Trinajstić information content (AvgIpc) is 2.98. The highest BCUT2D eigenvalue weighted by Crippen LogP contribution is 2.37. The monoisotopic (exact) mass is 277 g/mol. The number of carbonyl (C=O) groups is 1. The molecule has 0 atom stereocenters. The molecule has 0 saturated carbocycles. The molecule has 2 rings (SSSR count). The van der Waals surface area contributed by atoms with Crippen LogP contribution >= 0.6 is 22.7 Å². The molecule has 18 heavy (non-hydrogen) atoms. The van der Waals surface area contributed by atoms with Gasteiger partial charge < -0.3 is 11.1 Å². The van der Waals surface area contributed by atoms with Gasteiger partial charge in [-0.15, -0.1) is 22.7 Å². The molecule has 0 unspecified atom stereocenters. The van der Waals surface area contributed by atoms with Gasteiger partial charge in [-0.3, -0.25) is 4.79 Å². The number of ketones is 1. The molecule has 0 aliphatic heterocycles. The maximum absolute atomic E-state index is 12.2. The van der Waals surface area contributed by atoms with Crippen molar-refractivity contribution in [1.29, 1.82) is 5.26 Å². The summed E-state index contributed by atoms with van der Waals surface area (Å²) in [6.45, 7) is 2.63. The molecule has 2 aromatic heterocycles. The van der Waals surface area contributed by atoms with E-state index in [0.717, 1.165) is 0 Å². The molecule has 0 spiro atoms. The lowest BCUT2D eigenvalue weighted by molar-refractivity contribution is 0.104. The van der Waals surface area contributed by atoms with Crippen molar-refractivity contribution in [2.75, 3.05) is 17.6 Å². The van der Waals surface area contributed by atoms with Crippen LogP contribution in [0.1, 0.15) is 27.0 Å². The predicted molar refractivity (Wildman–Crippen MR) is 75.4 cm³/mol. The maximum Gasteiger partial charge on any atom is 0.214 e. The summed E-state index contributed by atoms with van der Waals surface area (Å²) in [5.74, 6) is -0.137. The molecule has 0 amide bonds. The Bertz CT molecular complexity index is 608. The van der Waals surface area contributed by atoms with Gasteiger partial charge in [-0.1, -0.05) is 6.07 Å². The zero-order chi connectivity index (χ0) is 13.1. The summed E-state index contributed by atoms with van der Waals surface area (Å²) < 4.78 is 0. The van der Waals surface area contributed by atoms with Gasteiger partial charge in [-0.05, 0) is 18.4 Å². The Hall–Kier alpha value is -1.84. The van der Waals surface area contributed by atoms with Crippen LogP contribution < -0.4 is 11.1 Å². The molecule has 6 heteroatoms. The van der Waals surface area contributed by atoms with Gasteiger partial charge in [-0.25, -0.2) is 0 Å². The molecular weight excluding hydrogens is 266 g/mol. The van der Waals surface area contributed by atoms with E-state index in [2.05, 4.69) is 5.32 Å². The van der Waals surface area contributed by atoms with Crippen molar-refractivity contribution < 1.29 is 4.79 Å². The largest absolute Gasteiger partial charge is 0.395 e. The lowest BCUT2D eigenvalue weighted by Gasteiger charge is -1.98. The molecule has 92 valence electrons. The number of nitrogens with zero attached hydrogens (tertiary/aromatic N) is 1. The van der Waals surface area contributed by atoms with Crippen LogP contribution in [0.2, 0.25) is 0 Å². The molecule has 0 bridgehead atoms. The number of nitrogen functional groups attached to an aromatic ring is 1. The van der Waals surface area contributed by atoms with Crippen molar-refractivity contribution in [1.82, 2.24) is 0 Å². The molecule has 2 aromatic rings. The second kappa shape index (κ2) is 5.21. The summed E-state index contributed by atoms with van der Waals surface area (Å²) in [6, 6.07) is 5.57. The lowest BCUT2D eigenvalue weighted by Crippen LogP contribution is -1.99. The molecule has 0 radical (unpaired) electrons. The first-order valence-electron chi connectivity index (χ1n) is 5.33. The average molecular weight is 277 g/mol. The second-order valence-corrected chi connectivity index (χ2v) is 5.47. The zero-order valence-corrected chi connectivity index (χ0v) is 11.3. The number of nitrogens with one attached hydrogen (secondary N) is 1. The van der Waals surface area contributed by atoms with Gasteiger partial charge in [0.1, 0.15) is 11.1 Å². The van der Waals surface area contributed by atoms with E-state index >= 15 is 0 Å². The number of carbonyl (C=O) groups excluding carboxylic acids is 1. The highest BCUT2D eigenvalue weighted by Gasteiger charge is 2.22. The highest BCUT2D eigenvalue weighted by molar-refractivity contribution is 7.20. The molecule has 0 fully saturated rings. The van der Waals surface area contributed by atoms with E-state index in [1.165, 1.54) is 22.7 Å². The minimum atomic E-state index is -0.137. The van der Waals surface area contributed by atoms with Crippen LogP contribution in [0.5, 0.6) is 0 Å². The van der Waals surface area contributed by atoms with Crippen LogP contribution in [0.4, 0.5) is 10.7 Å². The number of anilines is 2. The van der Waals surface area contributed by atoms with E-state index in [1.54, 1.807) is 6.07 Å². The van der Waals surface area contributed by atoms with Crippen molar-refractivity contribution in [2.24, 2.45) is 0 Å². The van der Waals surface area contributed by atoms with E-state index in [4.69, 9.17) is 11.0 Å². The number of thiophene rings is 2. The lowest BCUT2D eigenvalue weighted by atomic mass is 10.1. The smallest absolute Gasteiger partial charge is 0.214 e. The fraction of sp³-hybridized carbons (Fsp3) is 0.167. The third-order valence-corrected chi connectivity index (χ3v) is 4.38.